The zero-order valence-corrected chi connectivity index (χ0v) is 9.19. The number of aliphatic hydroxyl groups excluding tert-OH is 1. The molecule has 0 atom stereocenters. The highest BCUT2D eigenvalue weighted by atomic mass is 16.3. The van der Waals surface area contributed by atoms with Gasteiger partial charge >= 0.3 is 0 Å². The van der Waals surface area contributed by atoms with E-state index in [4.69, 9.17) is 11.0 Å². The summed E-state index contributed by atoms with van der Waals surface area (Å²) in [5.41, 5.74) is 7.74. The van der Waals surface area contributed by atoms with E-state index in [1.54, 1.807) is 12.1 Å². The summed E-state index contributed by atoms with van der Waals surface area (Å²) < 4.78 is 0. The Balaban J connectivity index is 2.20. The molecular weight excluding hydrogens is 200 g/mol. The van der Waals surface area contributed by atoms with Crippen molar-refractivity contribution in [3.05, 3.63) is 35.4 Å². The second-order valence-electron chi connectivity index (χ2n) is 4.58. The molecule has 0 unspecified atom stereocenters. The molecule has 16 heavy (non-hydrogen) atoms. The first-order valence-corrected chi connectivity index (χ1v) is 5.62. The summed E-state index contributed by atoms with van der Waals surface area (Å²) in [5.74, 6) is 0. The molecule has 0 aliphatic heterocycles. The lowest BCUT2D eigenvalue weighted by Crippen LogP contribution is -2.41. The number of nitrogens with two attached hydrogens (primary N) is 1. The molecule has 1 aliphatic carbocycles. The minimum absolute atomic E-state index is 0.199. The van der Waals surface area contributed by atoms with Gasteiger partial charge in [0, 0.05) is 5.54 Å². The normalized spacial score (nSPS) is 29.7. The first-order chi connectivity index (χ1) is 7.64. The van der Waals surface area contributed by atoms with E-state index in [9.17, 15) is 5.11 Å². The predicted octanol–water partition coefficient (Wildman–Crippen LogP) is 1.65. The second-order valence-corrected chi connectivity index (χ2v) is 4.58. The van der Waals surface area contributed by atoms with Crippen molar-refractivity contribution in [1.82, 2.24) is 0 Å². The molecule has 1 aromatic carbocycles. The number of aliphatic hydroxyl groups is 1. The molecule has 2 rings (SSSR count). The Bertz CT molecular complexity index is 397. The van der Waals surface area contributed by atoms with Crippen LogP contribution in [-0.2, 0) is 5.54 Å². The van der Waals surface area contributed by atoms with Gasteiger partial charge in [-0.25, -0.2) is 0 Å². The van der Waals surface area contributed by atoms with Crippen LogP contribution in [0.4, 0.5) is 0 Å². The van der Waals surface area contributed by atoms with Gasteiger partial charge in [0.05, 0.1) is 17.7 Å². The zero-order valence-electron chi connectivity index (χ0n) is 9.19. The molecule has 1 aliphatic rings. The molecule has 0 heterocycles. The van der Waals surface area contributed by atoms with Gasteiger partial charge in [0.25, 0.3) is 0 Å². The number of hydrogen-bond acceptors (Lipinski definition) is 3. The Morgan fingerprint density at radius 2 is 1.81 bits per heavy atom. The number of nitriles is 1. The van der Waals surface area contributed by atoms with Crippen molar-refractivity contribution < 1.29 is 5.11 Å². The molecule has 0 radical (unpaired) electrons. The monoisotopic (exact) mass is 216 g/mol. The third-order valence-corrected chi connectivity index (χ3v) is 3.44. The topological polar surface area (TPSA) is 70.0 Å². The van der Waals surface area contributed by atoms with Crippen molar-refractivity contribution in [3.8, 4) is 6.07 Å². The van der Waals surface area contributed by atoms with Crippen LogP contribution in [0.15, 0.2) is 24.3 Å². The summed E-state index contributed by atoms with van der Waals surface area (Å²) in [6.45, 7) is 0. The summed E-state index contributed by atoms with van der Waals surface area (Å²) in [6.07, 6.45) is 2.93. The molecule has 3 heteroatoms. The van der Waals surface area contributed by atoms with Crippen LogP contribution in [0.2, 0.25) is 0 Å². The maximum absolute atomic E-state index is 9.47. The molecule has 3 nitrogen and oxygen atoms in total. The summed E-state index contributed by atoms with van der Waals surface area (Å²) in [4.78, 5) is 0. The number of rotatable bonds is 1. The summed E-state index contributed by atoms with van der Waals surface area (Å²) in [6, 6.07) is 9.55. The largest absolute Gasteiger partial charge is 0.393 e. The zero-order chi connectivity index (χ0) is 11.6. The van der Waals surface area contributed by atoms with Crippen molar-refractivity contribution >= 4 is 0 Å². The molecule has 0 aromatic heterocycles. The molecule has 0 spiro atoms. The molecule has 1 saturated carbocycles. The smallest absolute Gasteiger partial charge is 0.0991 e. The van der Waals surface area contributed by atoms with Crippen LogP contribution in [0.1, 0.15) is 36.8 Å². The van der Waals surface area contributed by atoms with Crippen LogP contribution in [-0.4, -0.2) is 11.2 Å². The van der Waals surface area contributed by atoms with Gasteiger partial charge in [0.15, 0.2) is 0 Å². The predicted molar refractivity (Wildman–Crippen MR) is 61.5 cm³/mol. The lowest BCUT2D eigenvalue weighted by Gasteiger charge is -2.36. The van der Waals surface area contributed by atoms with E-state index in [0.717, 1.165) is 31.2 Å². The van der Waals surface area contributed by atoms with Crippen molar-refractivity contribution in [1.29, 1.82) is 5.26 Å². The number of benzene rings is 1. The van der Waals surface area contributed by atoms with Gasteiger partial charge in [0.2, 0.25) is 0 Å². The van der Waals surface area contributed by atoms with E-state index in [0.29, 0.717) is 5.56 Å². The SMILES string of the molecule is N#Cc1ccc(C2(N)CCC(O)CC2)cc1. The van der Waals surface area contributed by atoms with Crippen LogP contribution in [0.5, 0.6) is 0 Å². The van der Waals surface area contributed by atoms with Gasteiger partial charge in [-0.15, -0.1) is 0 Å². The Labute approximate surface area is 95.5 Å². The Kier molecular flexibility index (Phi) is 2.95. The van der Waals surface area contributed by atoms with E-state index >= 15 is 0 Å². The van der Waals surface area contributed by atoms with Crippen LogP contribution in [0, 0.1) is 11.3 Å². The van der Waals surface area contributed by atoms with E-state index in [2.05, 4.69) is 6.07 Å². The van der Waals surface area contributed by atoms with Crippen molar-refractivity contribution in [2.75, 3.05) is 0 Å². The fourth-order valence-corrected chi connectivity index (χ4v) is 2.28. The average molecular weight is 216 g/mol. The molecule has 0 amide bonds. The van der Waals surface area contributed by atoms with Gasteiger partial charge in [-0.05, 0) is 43.4 Å². The van der Waals surface area contributed by atoms with Gasteiger partial charge in [-0.2, -0.15) is 5.26 Å². The fourth-order valence-electron chi connectivity index (χ4n) is 2.28. The first-order valence-electron chi connectivity index (χ1n) is 5.62. The van der Waals surface area contributed by atoms with Crippen molar-refractivity contribution in [3.63, 3.8) is 0 Å². The third-order valence-electron chi connectivity index (χ3n) is 3.44. The Morgan fingerprint density at radius 3 is 2.31 bits per heavy atom. The maximum atomic E-state index is 9.47. The number of hydrogen-bond donors (Lipinski definition) is 2. The van der Waals surface area contributed by atoms with Crippen LogP contribution >= 0.6 is 0 Å². The highest BCUT2D eigenvalue weighted by molar-refractivity contribution is 5.34. The van der Waals surface area contributed by atoms with E-state index in [1.165, 1.54) is 0 Å². The molecule has 1 fully saturated rings. The highest BCUT2D eigenvalue weighted by Crippen LogP contribution is 2.34. The van der Waals surface area contributed by atoms with Gasteiger partial charge in [-0.1, -0.05) is 12.1 Å². The Hall–Kier alpha value is -1.37. The molecule has 0 saturated heterocycles. The van der Waals surface area contributed by atoms with E-state index in [-0.39, 0.29) is 11.6 Å². The minimum Gasteiger partial charge on any atom is -0.393 e. The molecule has 1 aromatic rings. The number of nitrogens with zero attached hydrogens (tertiary/aromatic N) is 1. The van der Waals surface area contributed by atoms with Crippen molar-refractivity contribution in [2.45, 2.75) is 37.3 Å². The van der Waals surface area contributed by atoms with Gasteiger partial charge in [0.1, 0.15) is 0 Å². The van der Waals surface area contributed by atoms with Crippen LogP contribution < -0.4 is 5.73 Å². The Morgan fingerprint density at radius 1 is 1.25 bits per heavy atom. The molecule has 0 bridgehead atoms. The third kappa shape index (κ3) is 2.08. The summed E-state index contributed by atoms with van der Waals surface area (Å²) in [5, 5.41) is 18.2. The highest BCUT2D eigenvalue weighted by Gasteiger charge is 2.32. The van der Waals surface area contributed by atoms with E-state index in [1.807, 2.05) is 12.1 Å². The molecule has 3 N–H and O–H groups in total. The van der Waals surface area contributed by atoms with Crippen LogP contribution in [0.3, 0.4) is 0 Å². The van der Waals surface area contributed by atoms with Crippen molar-refractivity contribution in [2.24, 2.45) is 5.73 Å². The first kappa shape index (κ1) is 11.1. The average Bonchev–Trinajstić information content (AvgIpc) is 2.33. The van der Waals surface area contributed by atoms with E-state index < -0.39 is 0 Å². The van der Waals surface area contributed by atoms with Gasteiger partial charge < -0.3 is 10.8 Å². The van der Waals surface area contributed by atoms with Gasteiger partial charge in [-0.3, -0.25) is 0 Å². The molecular formula is C13H16N2O. The summed E-state index contributed by atoms with van der Waals surface area (Å²) in [7, 11) is 0. The minimum atomic E-state index is -0.326. The maximum Gasteiger partial charge on any atom is 0.0991 e. The van der Waals surface area contributed by atoms with Crippen LogP contribution in [0.25, 0.3) is 0 Å². The lowest BCUT2D eigenvalue weighted by molar-refractivity contribution is 0.0969. The second kappa shape index (κ2) is 4.25. The fraction of sp³-hybridized carbons (Fsp3) is 0.462. The quantitative estimate of drug-likeness (QED) is 0.749. The molecule has 84 valence electrons. The standard InChI is InChI=1S/C13H16N2O/c14-9-10-1-3-11(4-2-10)13(15)7-5-12(16)6-8-13/h1-4,12,16H,5-8,15H2. The lowest BCUT2D eigenvalue weighted by atomic mass is 9.76. The summed E-state index contributed by atoms with van der Waals surface area (Å²) >= 11 is 0.